The fourth-order valence-electron chi connectivity index (χ4n) is 7.23. The van der Waals surface area contributed by atoms with Crippen molar-refractivity contribution in [3.8, 4) is 0 Å². The van der Waals surface area contributed by atoms with Crippen LogP contribution in [-0.2, 0) is 0 Å². The molecule has 0 N–H and O–H groups in total. The van der Waals surface area contributed by atoms with Crippen LogP contribution >= 0.6 is 0 Å². The van der Waals surface area contributed by atoms with E-state index in [1.807, 2.05) is 0 Å². The fourth-order valence-corrected chi connectivity index (χ4v) is 7.23. The molecule has 0 aliphatic heterocycles. The first kappa shape index (κ1) is 29.5. The van der Waals surface area contributed by atoms with Crippen LogP contribution < -0.4 is 0 Å². The molecule has 0 fully saturated rings. The fraction of sp³-hybridized carbons (Fsp3) is 0.0870. The Morgan fingerprint density at radius 3 is 0.708 bits per heavy atom. The highest BCUT2D eigenvalue weighted by atomic mass is 15.2. The lowest BCUT2D eigenvalue weighted by Crippen LogP contribution is -2.09. The van der Waals surface area contributed by atoms with Crippen molar-refractivity contribution in [2.45, 2.75) is 27.7 Å². The van der Waals surface area contributed by atoms with Crippen molar-refractivity contribution in [2.24, 2.45) is 10.2 Å². The van der Waals surface area contributed by atoms with Gasteiger partial charge < -0.3 is 0 Å². The molecule has 0 unspecified atom stereocenters. The van der Waals surface area contributed by atoms with Crippen LogP contribution in [0.5, 0.6) is 0 Å². The number of nitrogens with zero attached hydrogens (tertiary/aromatic N) is 2. The molecule has 0 atom stereocenters. The molecule has 0 spiro atoms. The molecular formula is C46H36N2. The van der Waals surface area contributed by atoms with Crippen molar-refractivity contribution in [1.29, 1.82) is 0 Å². The summed E-state index contributed by atoms with van der Waals surface area (Å²) in [6.07, 6.45) is 0. The summed E-state index contributed by atoms with van der Waals surface area (Å²) in [6.45, 7) is 8.69. The third-order valence-corrected chi connectivity index (χ3v) is 9.84. The van der Waals surface area contributed by atoms with E-state index >= 15 is 0 Å². The summed E-state index contributed by atoms with van der Waals surface area (Å²) in [4.78, 5) is 0. The maximum absolute atomic E-state index is 5.34. The van der Waals surface area contributed by atoms with E-state index in [1.54, 1.807) is 0 Å². The van der Waals surface area contributed by atoms with Gasteiger partial charge in [0.2, 0.25) is 0 Å². The average Bonchev–Trinajstić information content (AvgIpc) is 3.13. The van der Waals surface area contributed by atoms with Crippen LogP contribution in [0.25, 0.3) is 43.1 Å². The van der Waals surface area contributed by atoms with Crippen molar-refractivity contribution in [3.63, 3.8) is 0 Å². The standard InChI is InChI=1S/C46H36N2/c1-29-21-25-41(37-17-9-5-13-33(29)37)45(42-26-22-30(2)34-14-6-10-18-38(34)42)47-48-46(43-27-23-31(3)35-15-7-11-19-39(35)43)44-28-24-32(4)36-16-8-12-20-40(36)44/h5-28H,1-4H3. The van der Waals surface area contributed by atoms with Crippen LogP contribution in [0, 0.1) is 27.7 Å². The van der Waals surface area contributed by atoms with Crippen LogP contribution in [-0.4, -0.2) is 11.4 Å². The SMILES string of the molecule is Cc1ccc(C(=NN=C(c2ccc(C)c3ccccc23)c2ccc(C)c3ccccc23)c2ccc(C)c3ccccc23)c2ccccc12. The van der Waals surface area contributed by atoms with E-state index in [4.69, 9.17) is 10.2 Å². The van der Waals surface area contributed by atoms with Gasteiger partial charge in [-0.1, -0.05) is 146 Å². The lowest BCUT2D eigenvalue weighted by atomic mass is 9.90. The molecule has 0 saturated carbocycles. The number of rotatable bonds is 5. The molecular weight excluding hydrogens is 581 g/mol. The molecule has 0 radical (unpaired) electrons. The molecule has 0 aromatic heterocycles. The monoisotopic (exact) mass is 616 g/mol. The first-order chi connectivity index (χ1) is 23.5. The summed E-state index contributed by atoms with van der Waals surface area (Å²) in [5, 5.41) is 20.2. The molecule has 2 heteroatoms. The first-order valence-electron chi connectivity index (χ1n) is 16.6. The van der Waals surface area contributed by atoms with Crippen molar-refractivity contribution >= 4 is 54.5 Å². The van der Waals surface area contributed by atoms with Gasteiger partial charge in [-0.2, -0.15) is 0 Å². The smallest absolute Gasteiger partial charge is 0.101 e. The van der Waals surface area contributed by atoms with E-state index in [1.165, 1.54) is 65.3 Å². The van der Waals surface area contributed by atoms with Crippen LogP contribution in [0.3, 0.4) is 0 Å². The van der Waals surface area contributed by atoms with Gasteiger partial charge in [0.1, 0.15) is 11.4 Å². The molecule has 0 saturated heterocycles. The lowest BCUT2D eigenvalue weighted by molar-refractivity contribution is 1.23. The Morgan fingerprint density at radius 1 is 0.271 bits per heavy atom. The molecule has 0 aliphatic carbocycles. The topological polar surface area (TPSA) is 24.7 Å². The van der Waals surface area contributed by atoms with E-state index in [0.29, 0.717) is 0 Å². The second kappa shape index (κ2) is 12.1. The van der Waals surface area contributed by atoms with Crippen LogP contribution in [0.4, 0.5) is 0 Å². The van der Waals surface area contributed by atoms with Gasteiger partial charge >= 0.3 is 0 Å². The highest BCUT2D eigenvalue weighted by molar-refractivity contribution is 6.27. The largest absolute Gasteiger partial charge is 0.149 e. The maximum Gasteiger partial charge on any atom is 0.101 e. The Morgan fingerprint density at radius 2 is 0.479 bits per heavy atom. The third kappa shape index (κ3) is 4.98. The summed E-state index contributed by atoms with van der Waals surface area (Å²) < 4.78 is 0. The highest BCUT2D eigenvalue weighted by Crippen LogP contribution is 2.32. The zero-order valence-electron chi connectivity index (χ0n) is 27.8. The van der Waals surface area contributed by atoms with Crippen LogP contribution in [0.15, 0.2) is 156 Å². The minimum Gasteiger partial charge on any atom is -0.149 e. The zero-order chi connectivity index (χ0) is 32.8. The highest BCUT2D eigenvalue weighted by Gasteiger charge is 2.19. The number of benzene rings is 8. The van der Waals surface area contributed by atoms with E-state index < -0.39 is 0 Å². The second-order valence-corrected chi connectivity index (χ2v) is 12.8. The average molecular weight is 617 g/mol. The Balaban J connectivity index is 1.50. The molecule has 8 aromatic carbocycles. The lowest BCUT2D eigenvalue weighted by Gasteiger charge is -2.16. The molecule has 0 amide bonds. The van der Waals surface area contributed by atoms with Gasteiger partial charge in [0.15, 0.2) is 0 Å². The Hall–Kier alpha value is -5.86. The quantitative estimate of drug-likeness (QED) is 0.136. The van der Waals surface area contributed by atoms with Crippen molar-refractivity contribution < 1.29 is 0 Å². The van der Waals surface area contributed by atoms with Crippen LogP contribution in [0.2, 0.25) is 0 Å². The summed E-state index contributed by atoms with van der Waals surface area (Å²) in [5.74, 6) is 0. The summed E-state index contributed by atoms with van der Waals surface area (Å²) in [6, 6.07) is 52.2. The Kier molecular flexibility index (Phi) is 7.42. The molecule has 230 valence electrons. The van der Waals surface area contributed by atoms with E-state index in [0.717, 1.165) is 33.7 Å². The van der Waals surface area contributed by atoms with Gasteiger partial charge in [0.25, 0.3) is 0 Å². The molecule has 0 aliphatic rings. The normalized spacial score (nSPS) is 11.3. The molecule has 8 rings (SSSR count). The van der Waals surface area contributed by atoms with E-state index in [-0.39, 0.29) is 0 Å². The van der Waals surface area contributed by atoms with Gasteiger partial charge in [0, 0.05) is 22.3 Å². The van der Waals surface area contributed by atoms with Gasteiger partial charge in [-0.25, -0.2) is 0 Å². The molecule has 0 heterocycles. The Labute approximate surface area is 281 Å². The number of hydrogen-bond acceptors (Lipinski definition) is 2. The number of hydrogen-bond donors (Lipinski definition) is 0. The van der Waals surface area contributed by atoms with Crippen molar-refractivity contribution in [2.75, 3.05) is 0 Å². The minimum atomic E-state index is 0.854. The zero-order valence-corrected chi connectivity index (χ0v) is 27.8. The van der Waals surface area contributed by atoms with E-state index in [2.05, 4.69) is 173 Å². The summed E-state index contributed by atoms with van der Waals surface area (Å²) >= 11 is 0. The second-order valence-electron chi connectivity index (χ2n) is 12.8. The van der Waals surface area contributed by atoms with Gasteiger partial charge in [-0.15, -0.1) is 10.2 Å². The predicted molar refractivity (Wildman–Crippen MR) is 206 cm³/mol. The number of fused-ring (bicyclic) bond motifs is 4. The third-order valence-electron chi connectivity index (χ3n) is 9.84. The number of aryl methyl sites for hydroxylation is 4. The van der Waals surface area contributed by atoms with Gasteiger partial charge in [-0.05, 0) is 93.0 Å². The van der Waals surface area contributed by atoms with Gasteiger partial charge in [-0.3, -0.25) is 0 Å². The van der Waals surface area contributed by atoms with Crippen molar-refractivity contribution in [1.82, 2.24) is 0 Å². The summed E-state index contributed by atoms with van der Waals surface area (Å²) in [5.41, 5.74) is 10.9. The minimum absolute atomic E-state index is 0.854. The maximum atomic E-state index is 5.34. The molecule has 48 heavy (non-hydrogen) atoms. The molecule has 8 aromatic rings. The molecule has 2 nitrogen and oxygen atoms in total. The molecule has 0 bridgehead atoms. The Bertz CT molecular complexity index is 2250. The predicted octanol–water partition coefficient (Wildman–Crippen LogP) is 11.8. The van der Waals surface area contributed by atoms with E-state index in [9.17, 15) is 0 Å². The summed E-state index contributed by atoms with van der Waals surface area (Å²) in [7, 11) is 0. The van der Waals surface area contributed by atoms with Crippen molar-refractivity contribution in [3.05, 3.63) is 190 Å². The first-order valence-corrected chi connectivity index (χ1v) is 16.6. The van der Waals surface area contributed by atoms with Crippen LogP contribution in [0.1, 0.15) is 44.5 Å². The van der Waals surface area contributed by atoms with Gasteiger partial charge in [0.05, 0.1) is 0 Å².